The van der Waals surface area contributed by atoms with Crippen LogP contribution in [0.5, 0.6) is 11.5 Å². The maximum Gasteiger partial charge on any atom is 0.308 e. The summed E-state index contributed by atoms with van der Waals surface area (Å²) in [6.45, 7) is 10.6. The van der Waals surface area contributed by atoms with Crippen LogP contribution in [0.4, 0.5) is 0 Å². The molecule has 33 heavy (non-hydrogen) atoms. The molecule has 0 amide bonds. The van der Waals surface area contributed by atoms with E-state index in [0.29, 0.717) is 23.4 Å². The van der Waals surface area contributed by atoms with Gasteiger partial charge in [-0.1, -0.05) is 31.4 Å². The minimum atomic E-state index is -0.290. The number of hydrogen-bond acceptors (Lipinski definition) is 4. The molecule has 0 fully saturated rings. The molecule has 1 aliphatic carbocycles. The van der Waals surface area contributed by atoms with Crippen molar-refractivity contribution in [2.75, 3.05) is 31.4 Å². The third kappa shape index (κ3) is 6.68. The van der Waals surface area contributed by atoms with Crippen molar-refractivity contribution in [1.82, 2.24) is 4.90 Å². The number of aryl methyl sites for hydroxylation is 1. The molecule has 0 aromatic heterocycles. The summed E-state index contributed by atoms with van der Waals surface area (Å²) in [7, 11) is 0. The van der Waals surface area contributed by atoms with Crippen molar-refractivity contribution in [3.63, 3.8) is 0 Å². The Morgan fingerprint density at radius 1 is 1.21 bits per heavy atom. The molecule has 1 heterocycles. The molecule has 4 nitrogen and oxygen atoms in total. The predicted molar refractivity (Wildman–Crippen MR) is 137 cm³/mol. The maximum atomic E-state index is 12.0. The zero-order chi connectivity index (χ0) is 24.0. The van der Waals surface area contributed by atoms with E-state index in [1.165, 1.54) is 30.9 Å². The zero-order valence-corrected chi connectivity index (χ0v) is 22.1. The fourth-order valence-corrected chi connectivity index (χ4v) is 5.87. The van der Waals surface area contributed by atoms with Crippen LogP contribution in [0.1, 0.15) is 76.8 Å². The van der Waals surface area contributed by atoms with Crippen molar-refractivity contribution >= 4 is 29.2 Å². The molecule has 184 valence electrons. The number of carbonyl (C=O) groups excluding carboxylic acids is 1. The third-order valence-corrected chi connectivity index (χ3v) is 7.32. The lowest BCUT2D eigenvalue weighted by atomic mass is 9.67. The first kappa shape index (κ1) is 26.4. The Morgan fingerprint density at radius 2 is 1.94 bits per heavy atom. The summed E-state index contributed by atoms with van der Waals surface area (Å²) in [4.78, 5) is 14.3. The normalized spacial score (nSPS) is 21.1. The van der Waals surface area contributed by atoms with Gasteiger partial charge < -0.3 is 9.47 Å². The summed E-state index contributed by atoms with van der Waals surface area (Å²) in [5.41, 5.74) is 3.34. The van der Waals surface area contributed by atoms with Gasteiger partial charge in [-0.3, -0.25) is 9.69 Å². The van der Waals surface area contributed by atoms with Gasteiger partial charge in [-0.2, -0.15) is 0 Å². The molecule has 1 aliphatic heterocycles. The van der Waals surface area contributed by atoms with Gasteiger partial charge in [0.05, 0.1) is 0 Å². The fraction of sp³-hybridized carbons (Fsp3) is 0.667. The smallest absolute Gasteiger partial charge is 0.308 e. The number of rotatable bonds is 11. The number of nitrogens with zero attached hydrogens (tertiary/aromatic N) is 1. The summed E-state index contributed by atoms with van der Waals surface area (Å²) >= 11 is 12.0. The van der Waals surface area contributed by atoms with Crippen LogP contribution in [-0.2, 0) is 11.2 Å². The lowest BCUT2D eigenvalue weighted by Gasteiger charge is -2.47. The molecule has 3 rings (SSSR count). The van der Waals surface area contributed by atoms with E-state index in [1.54, 1.807) is 0 Å². The Morgan fingerprint density at radius 3 is 2.58 bits per heavy atom. The highest BCUT2D eigenvalue weighted by molar-refractivity contribution is 6.18. The Hall–Kier alpha value is -1.23. The lowest BCUT2D eigenvalue weighted by Crippen LogP contribution is -2.46. The second kappa shape index (κ2) is 12.0. The summed E-state index contributed by atoms with van der Waals surface area (Å²) in [5.74, 6) is 3.03. The average molecular weight is 497 g/mol. The minimum Gasteiger partial charge on any atom is -0.487 e. The molecule has 0 saturated heterocycles. The summed E-state index contributed by atoms with van der Waals surface area (Å²) < 4.78 is 12.4. The van der Waals surface area contributed by atoms with Gasteiger partial charge in [-0.15, -0.1) is 23.2 Å². The molecule has 0 bridgehead atoms. The van der Waals surface area contributed by atoms with E-state index in [9.17, 15) is 4.79 Å². The molecule has 1 aromatic rings. The van der Waals surface area contributed by atoms with Crippen molar-refractivity contribution in [2.45, 2.75) is 77.7 Å². The van der Waals surface area contributed by atoms with E-state index in [-0.39, 0.29) is 17.5 Å². The van der Waals surface area contributed by atoms with Crippen molar-refractivity contribution < 1.29 is 14.3 Å². The van der Waals surface area contributed by atoms with Crippen LogP contribution in [-0.4, -0.2) is 47.9 Å². The Balaban J connectivity index is 1.95. The average Bonchev–Trinajstić information content (AvgIpc) is 2.73. The van der Waals surface area contributed by atoms with Gasteiger partial charge in [0.1, 0.15) is 17.1 Å². The predicted octanol–water partition coefficient (Wildman–Crippen LogP) is 6.72. The number of hydrogen-bond donors (Lipinski definition) is 0. The first-order chi connectivity index (χ1) is 15.8. The quantitative estimate of drug-likeness (QED) is 0.112. The maximum absolute atomic E-state index is 12.0. The van der Waals surface area contributed by atoms with E-state index in [4.69, 9.17) is 32.7 Å². The highest BCUT2D eigenvalue weighted by Gasteiger charge is 2.46. The van der Waals surface area contributed by atoms with Gasteiger partial charge in [-0.25, -0.2) is 0 Å². The number of benzene rings is 1. The molecule has 2 atom stereocenters. The lowest BCUT2D eigenvalue weighted by molar-refractivity contribution is -0.132. The molecule has 1 aromatic carbocycles. The van der Waals surface area contributed by atoms with Gasteiger partial charge in [-0.05, 0) is 57.2 Å². The zero-order valence-electron chi connectivity index (χ0n) is 20.6. The van der Waals surface area contributed by atoms with Crippen LogP contribution < -0.4 is 9.47 Å². The van der Waals surface area contributed by atoms with Crippen molar-refractivity contribution in [3.8, 4) is 11.5 Å². The second-order valence-electron chi connectivity index (χ2n) is 9.93. The SMILES string of the molecule is CCCCCc1cc(OC(C)=O)c2c(c1)OC(C)(C)[C@@H]1CC=C(CN(CCCl)CCCl)C[C@@H]21. The van der Waals surface area contributed by atoms with Crippen molar-refractivity contribution in [1.29, 1.82) is 0 Å². The first-order valence-corrected chi connectivity index (χ1v) is 13.4. The minimum absolute atomic E-state index is 0.247. The number of allylic oxidation sites excluding steroid dienone is 1. The largest absolute Gasteiger partial charge is 0.487 e. The van der Waals surface area contributed by atoms with Crippen LogP contribution >= 0.6 is 23.2 Å². The second-order valence-corrected chi connectivity index (χ2v) is 10.7. The Kier molecular flexibility index (Phi) is 9.55. The van der Waals surface area contributed by atoms with E-state index >= 15 is 0 Å². The van der Waals surface area contributed by atoms with Crippen LogP contribution in [0.25, 0.3) is 0 Å². The molecular weight excluding hydrogens is 457 g/mol. The molecule has 0 unspecified atom stereocenters. The van der Waals surface area contributed by atoms with Crippen molar-refractivity contribution in [3.05, 3.63) is 34.9 Å². The van der Waals surface area contributed by atoms with Crippen molar-refractivity contribution in [2.24, 2.45) is 5.92 Å². The summed E-state index contributed by atoms with van der Waals surface area (Å²) in [6, 6.07) is 4.25. The Labute approximate surface area is 209 Å². The molecular formula is C27H39Cl2NO3. The fourth-order valence-electron chi connectivity index (χ4n) is 5.39. The van der Waals surface area contributed by atoms with Gasteiger partial charge in [0.25, 0.3) is 0 Å². The van der Waals surface area contributed by atoms with E-state index in [0.717, 1.165) is 56.6 Å². The topological polar surface area (TPSA) is 38.8 Å². The van der Waals surface area contributed by atoms with Gasteiger partial charge >= 0.3 is 5.97 Å². The monoisotopic (exact) mass is 495 g/mol. The van der Waals surface area contributed by atoms with Crippen LogP contribution in [0.3, 0.4) is 0 Å². The van der Waals surface area contributed by atoms with Crippen LogP contribution in [0.2, 0.25) is 0 Å². The van der Waals surface area contributed by atoms with E-state index in [2.05, 4.69) is 43.9 Å². The van der Waals surface area contributed by atoms with Crippen LogP contribution in [0.15, 0.2) is 23.8 Å². The van der Waals surface area contributed by atoms with Gasteiger partial charge in [0.15, 0.2) is 0 Å². The third-order valence-electron chi connectivity index (χ3n) is 6.98. The summed E-state index contributed by atoms with van der Waals surface area (Å²) in [6.07, 6.45) is 8.69. The molecule has 2 aliphatic rings. The summed E-state index contributed by atoms with van der Waals surface area (Å²) in [5, 5.41) is 0. The highest BCUT2D eigenvalue weighted by atomic mass is 35.5. The van der Waals surface area contributed by atoms with E-state index < -0.39 is 0 Å². The number of fused-ring (bicyclic) bond motifs is 3. The number of esters is 1. The number of halogens is 2. The number of unbranched alkanes of at least 4 members (excludes halogenated alkanes) is 2. The standard InChI is InChI=1S/C27H39Cl2NO3/c1-5-6-7-8-20-16-24(32-19(2)31)26-22-15-21(18-30(13-11-28)14-12-29)9-10-23(22)27(3,4)33-25(26)17-20/h9,16-17,22-23H,5-8,10-15,18H2,1-4H3/t22-,23-/m1/s1. The molecule has 6 heteroatoms. The first-order valence-electron chi connectivity index (χ1n) is 12.4. The van der Waals surface area contributed by atoms with Gasteiger partial charge in [0, 0.05) is 55.7 Å². The molecule has 0 N–H and O–H groups in total. The number of alkyl halides is 2. The number of carbonyl (C=O) groups is 1. The molecule has 0 saturated carbocycles. The van der Waals surface area contributed by atoms with Crippen LogP contribution in [0, 0.1) is 5.92 Å². The number of ether oxygens (including phenoxy) is 2. The van der Waals surface area contributed by atoms with E-state index in [1.807, 2.05) is 0 Å². The molecule has 0 spiro atoms. The molecule has 0 radical (unpaired) electrons. The highest BCUT2D eigenvalue weighted by Crippen LogP contribution is 2.54. The Bertz CT molecular complexity index is 846. The van der Waals surface area contributed by atoms with Gasteiger partial charge in [0.2, 0.25) is 0 Å².